The van der Waals surface area contributed by atoms with E-state index in [9.17, 15) is 5.11 Å². The van der Waals surface area contributed by atoms with Crippen molar-refractivity contribution in [2.24, 2.45) is 0 Å². The molecular weight excluding hydrogens is 470 g/mol. The zero-order valence-electron chi connectivity index (χ0n) is 15.9. The van der Waals surface area contributed by atoms with Gasteiger partial charge in [0.05, 0.1) is 12.6 Å². The zero-order chi connectivity index (χ0) is 19.4. The average molecular weight is 497 g/mol. The first-order valence-corrected chi connectivity index (χ1v) is 11.2. The van der Waals surface area contributed by atoms with Gasteiger partial charge in [-0.05, 0) is 36.4 Å². The predicted octanol–water partition coefficient (Wildman–Crippen LogP) is 4.61. The highest BCUT2D eigenvalue weighted by atomic mass is 79.9. The molecule has 0 aliphatic carbocycles. The van der Waals surface area contributed by atoms with Crippen LogP contribution in [0.3, 0.4) is 0 Å². The number of β-amino-alcohol motifs (C(OH)–C–C–N with tert-alkyl or cyclic N) is 1. The van der Waals surface area contributed by atoms with Crippen molar-refractivity contribution in [3.8, 4) is 0 Å². The number of hydrogen-bond acceptors (Lipinski definition) is 3. The van der Waals surface area contributed by atoms with Gasteiger partial charge in [-0.2, -0.15) is 0 Å². The van der Waals surface area contributed by atoms with Crippen molar-refractivity contribution in [3.05, 3.63) is 45.3 Å². The van der Waals surface area contributed by atoms with Crippen LogP contribution < -0.4 is 5.32 Å². The van der Waals surface area contributed by atoms with Crippen LogP contribution in [-0.4, -0.2) is 53.4 Å². The molecule has 2 N–H and O–H groups in total. The van der Waals surface area contributed by atoms with Crippen LogP contribution >= 0.6 is 31.9 Å². The lowest BCUT2D eigenvalue weighted by molar-refractivity contribution is 0.0936. The summed E-state index contributed by atoms with van der Waals surface area (Å²) in [4.78, 5) is 2.34. The Morgan fingerprint density at radius 3 is 1.96 bits per heavy atom. The Labute approximate surface area is 177 Å². The molecule has 1 aliphatic heterocycles. The molecule has 1 saturated heterocycles. The lowest BCUT2D eigenvalue weighted by Gasteiger charge is -2.29. The third-order valence-corrected chi connectivity index (χ3v) is 5.85. The van der Waals surface area contributed by atoms with Gasteiger partial charge in [0.15, 0.2) is 0 Å². The summed E-state index contributed by atoms with van der Waals surface area (Å²) in [5.74, 6) is 0. The number of benzene rings is 2. The molecule has 2 heterocycles. The Balaban J connectivity index is 0.00000102. The fourth-order valence-corrected chi connectivity index (χ4v) is 4.43. The van der Waals surface area contributed by atoms with E-state index in [1.54, 1.807) is 0 Å². The van der Waals surface area contributed by atoms with Gasteiger partial charge in [0.25, 0.3) is 0 Å². The summed E-state index contributed by atoms with van der Waals surface area (Å²) in [5.41, 5.74) is 2.33. The largest absolute Gasteiger partial charge is 0.390 e. The first-order chi connectivity index (χ1) is 13.1. The third kappa shape index (κ3) is 4.74. The number of aromatic nitrogens is 1. The summed E-state index contributed by atoms with van der Waals surface area (Å²) in [6, 6.07) is 12.7. The van der Waals surface area contributed by atoms with Crippen molar-refractivity contribution in [2.45, 2.75) is 26.5 Å². The van der Waals surface area contributed by atoms with Crippen molar-refractivity contribution >= 4 is 53.7 Å². The van der Waals surface area contributed by atoms with E-state index in [2.05, 4.69) is 83.0 Å². The third-order valence-electron chi connectivity index (χ3n) is 4.86. The van der Waals surface area contributed by atoms with Crippen LogP contribution in [0.25, 0.3) is 21.8 Å². The molecule has 0 spiro atoms. The molecule has 1 atom stereocenters. The maximum absolute atomic E-state index is 10.7. The SMILES string of the molecule is CC.OC(CN1CCNCC1)Cn1c2ccc(Br)cc2c2cc(Br)ccc21. The predicted molar refractivity (Wildman–Crippen MR) is 122 cm³/mol. The van der Waals surface area contributed by atoms with Gasteiger partial charge in [-0.15, -0.1) is 0 Å². The van der Waals surface area contributed by atoms with Crippen LogP contribution in [0.2, 0.25) is 0 Å². The molecule has 1 aromatic heterocycles. The molecule has 0 saturated carbocycles. The lowest BCUT2D eigenvalue weighted by Crippen LogP contribution is -2.46. The molecule has 6 heteroatoms. The fraction of sp³-hybridized carbons (Fsp3) is 0.429. The van der Waals surface area contributed by atoms with Crippen LogP contribution in [-0.2, 0) is 6.54 Å². The number of nitrogens with one attached hydrogen (secondary N) is 1. The second kappa shape index (κ2) is 9.52. The van der Waals surface area contributed by atoms with Crippen molar-refractivity contribution in [1.29, 1.82) is 0 Å². The van der Waals surface area contributed by atoms with Crippen molar-refractivity contribution < 1.29 is 5.11 Å². The molecule has 2 aromatic carbocycles. The Morgan fingerprint density at radius 2 is 1.44 bits per heavy atom. The molecule has 146 valence electrons. The van der Waals surface area contributed by atoms with Gasteiger partial charge < -0.3 is 15.0 Å². The molecule has 0 amide bonds. The van der Waals surface area contributed by atoms with Crippen LogP contribution in [0.1, 0.15) is 13.8 Å². The fourth-order valence-electron chi connectivity index (χ4n) is 3.71. The van der Waals surface area contributed by atoms with Crippen molar-refractivity contribution in [3.63, 3.8) is 0 Å². The smallest absolute Gasteiger partial charge is 0.0845 e. The Bertz CT molecular complexity index is 844. The maximum Gasteiger partial charge on any atom is 0.0845 e. The van der Waals surface area contributed by atoms with Gasteiger partial charge in [-0.1, -0.05) is 45.7 Å². The van der Waals surface area contributed by atoms with E-state index in [4.69, 9.17) is 0 Å². The monoisotopic (exact) mass is 495 g/mol. The van der Waals surface area contributed by atoms with Crippen LogP contribution in [0, 0.1) is 0 Å². The summed E-state index contributed by atoms with van der Waals surface area (Å²) in [6.45, 7) is 9.34. The van der Waals surface area contributed by atoms with Gasteiger partial charge in [0.1, 0.15) is 0 Å². The number of nitrogens with zero attached hydrogens (tertiary/aromatic N) is 2. The Hall–Kier alpha value is -0.920. The molecule has 1 aliphatic rings. The van der Waals surface area contributed by atoms with E-state index < -0.39 is 0 Å². The standard InChI is InChI=1S/C19H21Br2N3O.C2H6/c20-13-1-3-18-16(9-13)17-10-14(21)2-4-19(17)24(18)12-15(25)11-23-7-5-22-6-8-23;1-2/h1-4,9-10,15,22,25H,5-8,11-12H2;1-2H3. The topological polar surface area (TPSA) is 40.4 Å². The highest BCUT2D eigenvalue weighted by molar-refractivity contribution is 9.10. The highest BCUT2D eigenvalue weighted by Crippen LogP contribution is 2.33. The maximum atomic E-state index is 10.7. The molecule has 0 bridgehead atoms. The van der Waals surface area contributed by atoms with Gasteiger partial charge >= 0.3 is 0 Å². The normalized spacial score (nSPS) is 16.3. The van der Waals surface area contributed by atoms with Crippen LogP contribution in [0.4, 0.5) is 0 Å². The first-order valence-electron chi connectivity index (χ1n) is 9.60. The molecule has 0 radical (unpaired) electrons. The number of piperazine rings is 1. The van der Waals surface area contributed by atoms with Gasteiger partial charge in [0.2, 0.25) is 0 Å². The van der Waals surface area contributed by atoms with E-state index in [0.717, 1.165) is 52.7 Å². The van der Waals surface area contributed by atoms with E-state index in [-0.39, 0.29) is 6.10 Å². The Kier molecular flexibility index (Phi) is 7.34. The molecule has 1 unspecified atom stereocenters. The lowest BCUT2D eigenvalue weighted by atomic mass is 10.2. The average Bonchev–Trinajstić information content (AvgIpc) is 2.96. The van der Waals surface area contributed by atoms with E-state index >= 15 is 0 Å². The summed E-state index contributed by atoms with van der Waals surface area (Å²) in [6.07, 6.45) is -0.385. The summed E-state index contributed by atoms with van der Waals surface area (Å²) in [7, 11) is 0. The second-order valence-electron chi connectivity index (χ2n) is 6.64. The van der Waals surface area contributed by atoms with Gasteiger partial charge in [0, 0.05) is 63.5 Å². The van der Waals surface area contributed by atoms with E-state index in [1.165, 1.54) is 10.8 Å². The second-order valence-corrected chi connectivity index (χ2v) is 8.47. The number of hydrogen-bond donors (Lipinski definition) is 2. The summed E-state index contributed by atoms with van der Waals surface area (Å²) < 4.78 is 4.39. The quantitative estimate of drug-likeness (QED) is 0.554. The van der Waals surface area contributed by atoms with Crippen molar-refractivity contribution in [2.75, 3.05) is 32.7 Å². The number of rotatable bonds is 4. The number of aliphatic hydroxyl groups excluding tert-OH is 1. The number of fused-ring (bicyclic) bond motifs is 3. The molecule has 27 heavy (non-hydrogen) atoms. The zero-order valence-corrected chi connectivity index (χ0v) is 19.1. The van der Waals surface area contributed by atoms with Gasteiger partial charge in [-0.25, -0.2) is 0 Å². The minimum atomic E-state index is -0.385. The molecule has 1 fully saturated rings. The molecular formula is C21H27Br2N3O. The van der Waals surface area contributed by atoms with Crippen molar-refractivity contribution in [1.82, 2.24) is 14.8 Å². The Morgan fingerprint density at radius 1 is 0.926 bits per heavy atom. The molecule has 4 nitrogen and oxygen atoms in total. The molecule has 3 aromatic rings. The first kappa shape index (κ1) is 20.8. The number of halogens is 2. The summed E-state index contributed by atoms with van der Waals surface area (Å²) >= 11 is 7.16. The van der Waals surface area contributed by atoms with Crippen LogP contribution in [0.15, 0.2) is 45.3 Å². The van der Waals surface area contributed by atoms with Crippen LogP contribution in [0.5, 0.6) is 0 Å². The molecule has 4 rings (SSSR count). The number of aliphatic hydroxyl groups is 1. The summed E-state index contributed by atoms with van der Waals surface area (Å²) in [5, 5.41) is 16.5. The van der Waals surface area contributed by atoms with Gasteiger partial charge in [-0.3, -0.25) is 4.90 Å². The minimum Gasteiger partial charge on any atom is -0.390 e. The highest BCUT2D eigenvalue weighted by Gasteiger charge is 2.18. The van der Waals surface area contributed by atoms with E-state index in [1.807, 2.05) is 13.8 Å². The van der Waals surface area contributed by atoms with E-state index in [0.29, 0.717) is 6.54 Å². The minimum absolute atomic E-state index is 0.385.